The van der Waals surface area contributed by atoms with E-state index in [1.54, 1.807) is 20.8 Å². The van der Waals surface area contributed by atoms with Crippen molar-refractivity contribution in [2.45, 2.75) is 41.5 Å². The van der Waals surface area contributed by atoms with E-state index in [2.05, 4.69) is 19.7 Å². The smallest absolute Gasteiger partial charge is 0.338 e. The monoisotopic (exact) mass is 576 g/mol. The van der Waals surface area contributed by atoms with Gasteiger partial charge in [0, 0.05) is 40.5 Å². The zero-order valence-electron chi connectivity index (χ0n) is 24.3. The van der Waals surface area contributed by atoms with Crippen LogP contribution in [0.1, 0.15) is 47.1 Å². The molecule has 0 amide bonds. The Bertz CT molecular complexity index is 1510. The normalized spacial score (nSPS) is 10.8. The van der Waals surface area contributed by atoms with E-state index in [1.807, 2.05) is 0 Å². The van der Waals surface area contributed by atoms with E-state index in [9.17, 15) is 24.0 Å². The summed E-state index contributed by atoms with van der Waals surface area (Å²) in [6.07, 6.45) is 1.13. The lowest BCUT2D eigenvalue weighted by atomic mass is 10.1. The van der Waals surface area contributed by atoms with E-state index in [0.717, 1.165) is 6.08 Å². The maximum atomic E-state index is 12.9. The van der Waals surface area contributed by atoms with Crippen molar-refractivity contribution in [3.63, 3.8) is 0 Å². The lowest BCUT2D eigenvalue weighted by molar-refractivity contribution is -0.138. The van der Waals surface area contributed by atoms with E-state index >= 15 is 0 Å². The predicted octanol–water partition coefficient (Wildman–Crippen LogP) is 5.70. The Morgan fingerprint density at radius 3 is 1.60 bits per heavy atom. The second-order valence-electron chi connectivity index (χ2n) is 9.60. The summed E-state index contributed by atoms with van der Waals surface area (Å²) in [6.45, 7) is 19.8. The maximum absolute atomic E-state index is 12.9. The first-order valence-corrected chi connectivity index (χ1v) is 12.6. The molecule has 0 aliphatic rings. The first-order valence-electron chi connectivity index (χ1n) is 12.6. The van der Waals surface area contributed by atoms with Crippen molar-refractivity contribution in [2.24, 2.45) is 5.92 Å². The summed E-state index contributed by atoms with van der Waals surface area (Å²) in [7, 11) is 0. The van der Waals surface area contributed by atoms with Gasteiger partial charge in [0.25, 0.3) is 0 Å². The van der Waals surface area contributed by atoms with Crippen molar-refractivity contribution < 1.29 is 47.7 Å². The number of ether oxygens (including phenoxy) is 5. The summed E-state index contributed by atoms with van der Waals surface area (Å²) in [5.41, 5.74) is 1.07. The van der Waals surface area contributed by atoms with Crippen LogP contribution in [0.15, 0.2) is 78.9 Å². The maximum Gasteiger partial charge on any atom is 0.338 e. The summed E-state index contributed by atoms with van der Waals surface area (Å²) in [5.74, 6) is -4.24. The van der Waals surface area contributed by atoms with Crippen molar-refractivity contribution in [1.82, 2.24) is 0 Å². The molecule has 0 N–H and O–H groups in total. The van der Waals surface area contributed by atoms with Crippen LogP contribution in [-0.2, 0) is 24.0 Å². The van der Waals surface area contributed by atoms with Gasteiger partial charge in [0.15, 0.2) is 11.5 Å². The number of hydrogen-bond donors (Lipinski definition) is 0. The zero-order valence-corrected chi connectivity index (χ0v) is 24.3. The van der Waals surface area contributed by atoms with Crippen molar-refractivity contribution in [1.29, 1.82) is 0 Å². The van der Waals surface area contributed by atoms with Gasteiger partial charge in [-0.25, -0.2) is 19.2 Å². The molecule has 0 aromatic heterocycles. The minimum Gasteiger partial charge on any atom is -0.426 e. The molecule has 0 saturated carbocycles. The second-order valence-corrected chi connectivity index (χ2v) is 9.60. The number of allylic oxidation sites excluding steroid dienone is 1. The third-order valence-corrected chi connectivity index (χ3v) is 5.19. The number of carbonyl (C=O) groups is 5. The molecule has 0 radical (unpaired) electrons. The summed E-state index contributed by atoms with van der Waals surface area (Å²) in [6, 6.07) is 8.14. The second kappa shape index (κ2) is 14.4. The quantitative estimate of drug-likeness (QED) is 0.186. The fourth-order valence-electron chi connectivity index (χ4n) is 2.89. The lowest BCUT2D eigenvalue weighted by Crippen LogP contribution is -2.16. The van der Waals surface area contributed by atoms with Gasteiger partial charge in [-0.3, -0.25) is 4.79 Å². The van der Waals surface area contributed by atoms with Crippen LogP contribution in [0.3, 0.4) is 0 Å². The highest BCUT2D eigenvalue weighted by atomic mass is 16.6. The van der Waals surface area contributed by atoms with E-state index in [-0.39, 0.29) is 45.5 Å². The Hall–Kier alpha value is -5.25. The molecule has 0 spiro atoms. The minimum absolute atomic E-state index is 0.0167. The summed E-state index contributed by atoms with van der Waals surface area (Å²) < 4.78 is 26.6. The molecule has 0 unspecified atom stereocenters. The van der Waals surface area contributed by atoms with Gasteiger partial charge in [0.1, 0.15) is 17.2 Å². The molecular weight excluding hydrogens is 544 g/mol. The highest BCUT2D eigenvalue weighted by Gasteiger charge is 2.19. The topological polar surface area (TPSA) is 132 Å². The Balaban J connectivity index is 2.43. The van der Waals surface area contributed by atoms with E-state index in [1.165, 1.54) is 57.2 Å². The first-order chi connectivity index (χ1) is 19.6. The molecule has 220 valence electrons. The molecular formula is C32H32O10. The van der Waals surface area contributed by atoms with Gasteiger partial charge < -0.3 is 23.7 Å². The Morgan fingerprint density at radius 1 is 0.619 bits per heavy atom. The number of rotatable bonds is 11. The Morgan fingerprint density at radius 2 is 1.10 bits per heavy atom. The summed E-state index contributed by atoms with van der Waals surface area (Å²) >= 11 is 0. The molecule has 42 heavy (non-hydrogen) atoms. The molecule has 0 heterocycles. The molecule has 0 aliphatic carbocycles. The van der Waals surface area contributed by atoms with Crippen LogP contribution in [0, 0.1) is 5.92 Å². The average Bonchev–Trinajstić information content (AvgIpc) is 2.89. The molecule has 0 aliphatic heterocycles. The standard InChI is InChI=1S/C32H32O10/c1-17(2)29(34)38-22-10-12-24(26(15-22)41-31(36)19(5)6)21(9)14-28(33)40-25-13-11-23(39-30(35)18(3)4)16-27(25)42-32(37)20(7)8/h10-16,19H,1,3,7H2,2,4-6,8-9H3/b21-14+. The third kappa shape index (κ3) is 9.44. The fourth-order valence-corrected chi connectivity index (χ4v) is 2.89. The average molecular weight is 577 g/mol. The molecule has 10 nitrogen and oxygen atoms in total. The molecule has 2 rings (SSSR count). The molecule has 0 bridgehead atoms. The van der Waals surface area contributed by atoms with Gasteiger partial charge in [-0.2, -0.15) is 0 Å². The van der Waals surface area contributed by atoms with Gasteiger partial charge in [-0.05, 0) is 57.5 Å². The summed E-state index contributed by atoms with van der Waals surface area (Å²) in [4.78, 5) is 61.3. The van der Waals surface area contributed by atoms with Gasteiger partial charge in [-0.1, -0.05) is 33.6 Å². The van der Waals surface area contributed by atoms with E-state index in [0.29, 0.717) is 11.1 Å². The Labute approximate surface area is 243 Å². The van der Waals surface area contributed by atoms with Gasteiger partial charge in [-0.15, -0.1) is 0 Å². The molecule has 2 aromatic carbocycles. The van der Waals surface area contributed by atoms with Gasteiger partial charge >= 0.3 is 29.8 Å². The van der Waals surface area contributed by atoms with Crippen LogP contribution in [0.4, 0.5) is 0 Å². The van der Waals surface area contributed by atoms with Crippen LogP contribution in [0.25, 0.3) is 5.57 Å². The predicted molar refractivity (Wildman–Crippen MR) is 154 cm³/mol. The van der Waals surface area contributed by atoms with Crippen molar-refractivity contribution in [3.05, 3.63) is 84.5 Å². The van der Waals surface area contributed by atoms with Crippen LogP contribution in [0.5, 0.6) is 28.7 Å². The van der Waals surface area contributed by atoms with Crippen LogP contribution in [-0.4, -0.2) is 29.8 Å². The zero-order chi connectivity index (χ0) is 31.7. The van der Waals surface area contributed by atoms with Crippen LogP contribution < -0.4 is 23.7 Å². The van der Waals surface area contributed by atoms with Crippen LogP contribution >= 0.6 is 0 Å². The van der Waals surface area contributed by atoms with Crippen molar-refractivity contribution in [3.8, 4) is 28.7 Å². The molecule has 0 fully saturated rings. The van der Waals surface area contributed by atoms with E-state index in [4.69, 9.17) is 23.7 Å². The van der Waals surface area contributed by atoms with Gasteiger partial charge in [0.05, 0.1) is 5.92 Å². The number of carbonyl (C=O) groups excluding carboxylic acids is 5. The van der Waals surface area contributed by atoms with Crippen LogP contribution in [0.2, 0.25) is 0 Å². The number of hydrogen-bond acceptors (Lipinski definition) is 10. The molecule has 0 atom stereocenters. The largest absolute Gasteiger partial charge is 0.426 e. The highest BCUT2D eigenvalue weighted by molar-refractivity contribution is 5.95. The number of benzene rings is 2. The number of esters is 5. The molecule has 0 saturated heterocycles. The Kier molecular flexibility index (Phi) is 11.3. The van der Waals surface area contributed by atoms with Gasteiger partial charge in [0.2, 0.25) is 0 Å². The van der Waals surface area contributed by atoms with E-state index < -0.39 is 35.8 Å². The third-order valence-electron chi connectivity index (χ3n) is 5.19. The van der Waals surface area contributed by atoms with Crippen molar-refractivity contribution >= 4 is 35.4 Å². The highest BCUT2D eigenvalue weighted by Crippen LogP contribution is 2.34. The first kappa shape index (κ1) is 33.0. The lowest BCUT2D eigenvalue weighted by Gasteiger charge is -2.14. The SMILES string of the molecule is C=C(C)C(=O)Oc1ccc(OC(=O)/C=C(\C)c2ccc(OC(=O)C(=C)C)cc2OC(=O)C(C)C)c(OC(=O)C(=C)C)c1. The summed E-state index contributed by atoms with van der Waals surface area (Å²) in [5, 5.41) is 0. The molecule has 2 aromatic rings. The minimum atomic E-state index is -0.870. The molecule has 10 heteroatoms. The van der Waals surface area contributed by atoms with Crippen molar-refractivity contribution in [2.75, 3.05) is 0 Å². The fraction of sp³-hybridized carbons (Fsp3) is 0.219.